The molecule has 2 aromatic rings. The zero-order valence-corrected chi connectivity index (χ0v) is 18.0. The highest BCUT2D eigenvalue weighted by molar-refractivity contribution is 7.12. The van der Waals surface area contributed by atoms with Gasteiger partial charge in [-0.05, 0) is 35.4 Å². The van der Waals surface area contributed by atoms with Crippen LogP contribution < -0.4 is 0 Å². The van der Waals surface area contributed by atoms with Gasteiger partial charge in [-0.1, -0.05) is 13.0 Å². The Morgan fingerprint density at radius 3 is 2.75 bits per heavy atom. The first-order valence-electron chi connectivity index (χ1n) is 9.29. The van der Waals surface area contributed by atoms with E-state index in [-0.39, 0.29) is 24.4 Å². The van der Waals surface area contributed by atoms with E-state index >= 15 is 0 Å². The van der Waals surface area contributed by atoms with E-state index in [2.05, 4.69) is 18.1 Å². The van der Waals surface area contributed by atoms with Crippen molar-refractivity contribution in [1.82, 2.24) is 9.91 Å². The van der Waals surface area contributed by atoms with Crippen molar-refractivity contribution in [3.8, 4) is 0 Å². The van der Waals surface area contributed by atoms with Crippen molar-refractivity contribution < 1.29 is 14.3 Å². The number of thiophene rings is 2. The van der Waals surface area contributed by atoms with Crippen LogP contribution in [0.25, 0.3) is 0 Å². The third-order valence-electron chi connectivity index (χ3n) is 4.72. The topological polar surface area (TPSA) is 62.2 Å². The van der Waals surface area contributed by atoms with Gasteiger partial charge in [-0.3, -0.25) is 9.59 Å². The number of rotatable bonds is 8. The molecule has 3 heterocycles. The molecule has 3 rings (SSSR count). The number of carbonyl (C=O) groups excluding carboxylic acids is 2. The standard InChI is InChI=1S/C20H25N3O3S2/c1-4-18(24)22(8-9-26-3)13-19(25)23-16(20-14(2)7-11-28-20)12-15(21-23)17-6-5-10-27-17/h5-7,10-11,16H,4,8-9,12-13H2,1-3H3/t16-/m0/s1. The van der Waals surface area contributed by atoms with Crippen LogP contribution in [-0.2, 0) is 14.3 Å². The molecule has 28 heavy (non-hydrogen) atoms. The summed E-state index contributed by atoms with van der Waals surface area (Å²) in [6.45, 7) is 4.66. The van der Waals surface area contributed by atoms with Gasteiger partial charge in [-0.2, -0.15) is 5.10 Å². The van der Waals surface area contributed by atoms with Gasteiger partial charge in [0.2, 0.25) is 5.91 Å². The van der Waals surface area contributed by atoms with Crippen LogP contribution in [0.4, 0.5) is 0 Å². The molecule has 0 saturated heterocycles. The Labute approximate surface area is 173 Å². The van der Waals surface area contributed by atoms with Crippen LogP contribution in [0.1, 0.15) is 41.1 Å². The normalized spacial score (nSPS) is 16.3. The van der Waals surface area contributed by atoms with Gasteiger partial charge < -0.3 is 9.64 Å². The van der Waals surface area contributed by atoms with Crippen LogP contribution in [0.3, 0.4) is 0 Å². The van der Waals surface area contributed by atoms with Crippen LogP contribution in [0.5, 0.6) is 0 Å². The Bertz CT molecular complexity index is 845. The van der Waals surface area contributed by atoms with E-state index in [1.165, 1.54) is 0 Å². The molecule has 6 nitrogen and oxygen atoms in total. The average molecular weight is 420 g/mol. The molecule has 0 radical (unpaired) electrons. The molecule has 0 aliphatic carbocycles. The number of carbonyl (C=O) groups is 2. The molecule has 0 bridgehead atoms. The molecular weight excluding hydrogens is 394 g/mol. The van der Waals surface area contributed by atoms with Gasteiger partial charge >= 0.3 is 0 Å². The Morgan fingerprint density at radius 1 is 1.32 bits per heavy atom. The predicted molar refractivity (Wildman–Crippen MR) is 113 cm³/mol. The second-order valence-corrected chi connectivity index (χ2v) is 8.51. The number of aryl methyl sites for hydroxylation is 1. The van der Waals surface area contributed by atoms with E-state index in [9.17, 15) is 9.59 Å². The second kappa shape index (κ2) is 9.45. The maximum Gasteiger partial charge on any atom is 0.262 e. The molecule has 150 valence electrons. The van der Waals surface area contributed by atoms with E-state index < -0.39 is 0 Å². The van der Waals surface area contributed by atoms with Gasteiger partial charge in [0.25, 0.3) is 5.91 Å². The number of ether oxygens (including phenoxy) is 1. The highest BCUT2D eigenvalue weighted by Gasteiger charge is 2.35. The molecule has 0 spiro atoms. The van der Waals surface area contributed by atoms with Crippen molar-refractivity contribution in [2.75, 3.05) is 26.8 Å². The minimum atomic E-state index is -0.165. The summed E-state index contributed by atoms with van der Waals surface area (Å²) in [6, 6.07) is 5.97. The lowest BCUT2D eigenvalue weighted by Crippen LogP contribution is -2.42. The van der Waals surface area contributed by atoms with E-state index in [0.717, 1.165) is 21.0 Å². The summed E-state index contributed by atoms with van der Waals surface area (Å²) in [7, 11) is 1.59. The van der Waals surface area contributed by atoms with Crippen LogP contribution in [0, 0.1) is 6.92 Å². The Hall–Kier alpha value is -2.03. The highest BCUT2D eigenvalue weighted by atomic mass is 32.1. The molecule has 0 N–H and O–H groups in total. The van der Waals surface area contributed by atoms with Gasteiger partial charge in [-0.15, -0.1) is 22.7 Å². The summed E-state index contributed by atoms with van der Waals surface area (Å²) >= 11 is 3.27. The molecule has 0 aromatic carbocycles. The minimum absolute atomic E-state index is 0.0121. The lowest BCUT2D eigenvalue weighted by atomic mass is 10.1. The number of hydrazone groups is 1. The molecule has 0 saturated carbocycles. The monoisotopic (exact) mass is 419 g/mol. The third kappa shape index (κ3) is 4.51. The van der Waals surface area contributed by atoms with Crippen molar-refractivity contribution in [3.63, 3.8) is 0 Å². The lowest BCUT2D eigenvalue weighted by Gasteiger charge is -2.26. The van der Waals surface area contributed by atoms with Crippen LogP contribution in [-0.4, -0.2) is 54.2 Å². The Balaban J connectivity index is 1.84. The molecule has 2 amide bonds. The highest BCUT2D eigenvalue weighted by Crippen LogP contribution is 2.37. The van der Waals surface area contributed by atoms with Crippen LogP contribution in [0.15, 0.2) is 34.1 Å². The predicted octanol–water partition coefficient (Wildman–Crippen LogP) is 3.68. The SMILES string of the molecule is CCC(=O)N(CCOC)CC(=O)N1N=C(c2cccs2)C[C@H]1c1sccc1C. The van der Waals surface area contributed by atoms with Gasteiger partial charge in [0, 0.05) is 31.4 Å². The summed E-state index contributed by atoms with van der Waals surface area (Å²) in [5, 5.41) is 10.3. The largest absolute Gasteiger partial charge is 0.383 e. The van der Waals surface area contributed by atoms with E-state index in [0.29, 0.717) is 26.0 Å². The first kappa shape index (κ1) is 20.7. The molecule has 2 aromatic heterocycles. The molecule has 1 aliphatic heterocycles. The molecule has 1 aliphatic rings. The van der Waals surface area contributed by atoms with Crippen LogP contribution in [0.2, 0.25) is 0 Å². The zero-order chi connectivity index (χ0) is 20.1. The second-order valence-electron chi connectivity index (χ2n) is 6.61. The molecule has 0 fully saturated rings. The van der Waals surface area contributed by atoms with Gasteiger partial charge in [0.1, 0.15) is 6.54 Å². The summed E-state index contributed by atoms with van der Waals surface area (Å²) in [4.78, 5) is 29.2. The number of methoxy groups -OCH3 is 1. The fraction of sp³-hybridized carbons (Fsp3) is 0.450. The first-order valence-corrected chi connectivity index (χ1v) is 11.0. The Morgan fingerprint density at radius 2 is 2.14 bits per heavy atom. The van der Waals surface area contributed by atoms with E-state index in [4.69, 9.17) is 4.74 Å². The molecule has 0 unspecified atom stereocenters. The lowest BCUT2D eigenvalue weighted by molar-refractivity contribution is -0.141. The smallest absolute Gasteiger partial charge is 0.262 e. The van der Waals surface area contributed by atoms with Crippen molar-refractivity contribution in [2.45, 2.75) is 32.7 Å². The fourth-order valence-corrected chi connectivity index (χ4v) is 4.95. The summed E-state index contributed by atoms with van der Waals surface area (Å²) < 4.78 is 5.09. The molecule has 1 atom stereocenters. The third-order valence-corrected chi connectivity index (χ3v) is 6.76. The van der Waals surface area contributed by atoms with E-state index in [1.54, 1.807) is 46.6 Å². The molecular formula is C20H25N3O3S2. The zero-order valence-electron chi connectivity index (χ0n) is 16.4. The van der Waals surface area contributed by atoms with Crippen LogP contribution >= 0.6 is 22.7 Å². The number of amides is 2. The van der Waals surface area contributed by atoms with Crippen molar-refractivity contribution >= 4 is 40.2 Å². The summed E-state index contributed by atoms with van der Waals surface area (Å²) in [5.41, 5.74) is 2.09. The quantitative estimate of drug-likeness (QED) is 0.656. The number of hydrogen-bond acceptors (Lipinski definition) is 6. The Kier molecular flexibility index (Phi) is 6.98. The fourth-order valence-electron chi connectivity index (χ4n) is 3.21. The minimum Gasteiger partial charge on any atom is -0.383 e. The average Bonchev–Trinajstić information content (AvgIpc) is 3.43. The maximum atomic E-state index is 13.2. The van der Waals surface area contributed by atoms with Gasteiger partial charge in [-0.25, -0.2) is 5.01 Å². The summed E-state index contributed by atoms with van der Waals surface area (Å²) in [6.07, 6.45) is 1.04. The summed E-state index contributed by atoms with van der Waals surface area (Å²) in [5.74, 6) is -0.224. The van der Waals surface area contributed by atoms with Gasteiger partial charge in [0.05, 0.1) is 23.2 Å². The first-order chi connectivity index (χ1) is 13.5. The maximum absolute atomic E-state index is 13.2. The van der Waals surface area contributed by atoms with Gasteiger partial charge in [0.15, 0.2) is 0 Å². The van der Waals surface area contributed by atoms with Crippen molar-refractivity contribution in [1.29, 1.82) is 0 Å². The van der Waals surface area contributed by atoms with Crippen molar-refractivity contribution in [2.24, 2.45) is 5.10 Å². The molecule has 8 heteroatoms. The van der Waals surface area contributed by atoms with E-state index in [1.807, 2.05) is 22.9 Å². The number of hydrogen-bond donors (Lipinski definition) is 0. The van der Waals surface area contributed by atoms with Crippen molar-refractivity contribution in [3.05, 3.63) is 44.3 Å². The number of nitrogens with zero attached hydrogens (tertiary/aromatic N) is 3.